The van der Waals surface area contributed by atoms with Crippen molar-refractivity contribution in [2.75, 3.05) is 20.8 Å². The third-order valence-corrected chi connectivity index (χ3v) is 4.13. The Balaban J connectivity index is 2.85. The Morgan fingerprint density at radius 1 is 1.35 bits per heavy atom. The molecule has 2 unspecified atom stereocenters. The van der Waals surface area contributed by atoms with Crippen LogP contribution in [0.25, 0.3) is 0 Å². The van der Waals surface area contributed by atoms with Crippen LogP contribution in [0.15, 0.2) is 27.1 Å². The van der Waals surface area contributed by atoms with Crippen LogP contribution < -0.4 is 5.32 Å². The van der Waals surface area contributed by atoms with E-state index in [9.17, 15) is 0 Å². The van der Waals surface area contributed by atoms with Crippen LogP contribution in [-0.2, 0) is 4.74 Å². The Kier molecular flexibility index (Phi) is 6.70. The summed E-state index contributed by atoms with van der Waals surface area (Å²) in [7, 11) is 3.75. The zero-order valence-corrected chi connectivity index (χ0v) is 13.6. The normalized spacial score (nSPS) is 14.6. The first-order valence-electron chi connectivity index (χ1n) is 5.71. The summed E-state index contributed by atoms with van der Waals surface area (Å²) in [6.07, 6.45) is 1.05. The van der Waals surface area contributed by atoms with Gasteiger partial charge in [-0.15, -0.1) is 0 Å². The molecule has 0 amide bonds. The summed E-state index contributed by atoms with van der Waals surface area (Å²) in [6.45, 7) is 3.04. The zero-order valence-electron chi connectivity index (χ0n) is 10.5. The van der Waals surface area contributed by atoms with Crippen LogP contribution in [0.3, 0.4) is 0 Å². The van der Waals surface area contributed by atoms with Gasteiger partial charge in [0.2, 0.25) is 0 Å². The first kappa shape index (κ1) is 15.2. The molecular formula is C13H19Br2NO. The smallest absolute Gasteiger partial charge is 0.0465 e. The standard InChI is InChI=1S/C13H19Br2NO/c1-9(6-7-17-3)13(16-2)11-5-4-10(14)8-12(11)15/h4-5,8-9,13,16H,6-7H2,1-3H3. The van der Waals surface area contributed by atoms with E-state index in [4.69, 9.17) is 4.74 Å². The molecule has 0 aliphatic rings. The van der Waals surface area contributed by atoms with Crippen molar-refractivity contribution in [3.63, 3.8) is 0 Å². The van der Waals surface area contributed by atoms with E-state index in [1.807, 2.05) is 7.05 Å². The molecule has 0 fully saturated rings. The van der Waals surface area contributed by atoms with Gasteiger partial charge in [-0.2, -0.15) is 0 Å². The first-order valence-corrected chi connectivity index (χ1v) is 7.30. The summed E-state index contributed by atoms with van der Waals surface area (Å²) in [5, 5.41) is 3.39. The van der Waals surface area contributed by atoms with Crippen LogP contribution in [0.1, 0.15) is 24.9 Å². The molecule has 1 rings (SSSR count). The number of methoxy groups -OCH3 is 1. The Morgan fingerprint density at radius 2 is 2.06 bits per heavy atom. The highest BCUT2D eigenvalue weighted by atomic mass is 79.9. The average molecular weight is 365 g/mol. The average Bonchev–Trinajstić information content (AvgIpc) is 2.30. The molecule has 2 nitrogen and oxygen atoms in total. The van der Waals surface area contributed by atoms with Crippen molar-refractivity contribution in [3.8, 4) is 0 Å². The highest BCUT2D eigenvalue weighted by Gasteiger charge is 2.19. The lowest BCUT2D eigenvalue weighted by molar-refractivity contribution is 0.171. The van der Waals surface area contributed by atoms with Crippen molar-refractivity contribution in [2.45, 2.75) is 19.4 Å². The summed E-state index contributed by atoms with van der Waals surface area (Å²) in [4.78, 5) is 0. The van der Waals surface area contributed by atoms with E-state index in [0.717, 1.165) is 22.0 Å². The minimum Gasteiger partial charge on any atom is -0.385 e. The lowest BCUT2D eigenvalue weighted by Crippen LogP contribution is -2.24. The number of hydrogen-bond donors (Lipinski definition) is 1. The van der Waals surface area contributed by atoms with Crippen molar-refractivity contribution in [1.82, 2.24) is 5.32 Å². The van der Waals surface area contributed by atoms with Gasteiger partial charge in [0.05, 0.1) is 0 Å². The van der Waals surface area contributed by atoms with Crippen LogP contribution in [0.4, 0.5) is 0 Å². The number of halogens is 2. The lowest BCUT2D eigenvalue weighted by Gasteiger charge is -2.25. The van der Waals surface area contributed by atoms with Gasteiger partial charge in [-0.25, -0.2) is 0 Å². The van der Waals surface area contributed by atoms with E-state index in [1.165, 1.54) is 5.56 Å². The summed E-state index contributed by atoms with van der Waals surface area (Å²) in [5.74, 6) is 0.525. The van der Waals surface area contributed by atoms with Gasteiger partial charge in [0, 0.05) is 28.7 Å². The van der Waals surface area contributed by atoms with Crippen LogP contribution in [-0.4, -0.2) is 20.8 Å². The van der Waals surface area contributed by atoms with Crippen LogP contribution in [0.5, 0.6) is 0 Å². The van der Waals surface area contributed by atoms with Crippen molar-refractivity contribution in [2.24, 2.45) is 5.92 Å². The van der Waals surface area contributed by atoms with E-state index in [1.54, 1.807) is 7.11 Å². The number of nitrogens with one attached hydrogen (secondary N) is 1. The maximum Gasteiger partial charge on any atom is 0.0465 e. The Hall–Kier alpha value is 0.1000. The third-order valence-electron chi connectivity index (χ3n) is 2.95. The van der Waals surface area contributed by atoms with Crippen molar-refractivity contribution < 1.29 is 4.74 Å². The van der Waals surface area contributed by atoms with Crippen LogP contribution in [0.2, 0.25) is 0 Å². The van der Waals surface area contributed by atoms with E-state index in [2.05, 4.69) is 62.3 Å². The molecule has 1 N–H and O–H groups in total. The Bertz CT molecular complexity index is 357. The molecule has 0 spiro atoms. The molecule has 0 radical (unpaired) electrons. The molecular weight excluding hydrogens is 346 g/mol. The molecule has 17 heavy (non-hydrogen) atoms. The quantitative estimate of drug-likeness (QED) is 0.818. The second kappa shape index (κ2) is 7.52. The van der Waals surface area contributed by atoms with Crippen molar-refractivity contribution in [1.29, 1.82) is 0 Å². The van der Waals surface area contributed by atoms with E-state index < -0.39 is 0 Å². The predicted octanol–water partition coefficient (Wildman–Crippen LogP) is 4.14. The minimum atomic E-state index is 0.340. The van der Waals surface area contributed by atoms with Gasteiger partial charge in [0.15, 0.2) is 0 Å². The molecule has 4 heteroatoms. The highest BCUT2D eigenvalue weighted by Crippen LogP contribution is 2.31. The number of rotatable bonds is 6. The molecule has 0 bridgehead atoms. The molecule has 96 valence electrons. The van der Waals surface area contributed by atoms with Crippen molar-refractivity contribution >= 4 is 31.9 Å². The molecule has 0 saturated heterocycles. The maximum atomic E-state index is 5.15. The number of ether oxygens (including phenoxy) is 1. The van der Waals surface area contributed by atoms with Gasteiger partial charge in [-0.05, 0) is 37.1 Å². The molecule has 0 heterocycles. The second-order valence-electron chi connectivity index (χ2n) is 4.19. The summed E-state index contributed by atoms with van der Waals surface area (Å²) in [5.41, 5.74) is 1.29. The predicted molar refractivity (Wildman–Crippen MR) is 79.3 cm³/mol. The molecule has 1 aromatic rings. The Morgan fingerprint density at radius 3 is 2.59 bits per heavy atom. The fourth-order valence-corrected chi connectivity index (χ4v) is 3.26. The first-order chi connectivity index (χ1) is 8.10. The monoisotopic (exact) mass is 363 g/mol. The lowest BCUT2D eigenvalue weighted by atomic mass is 9.92. The van der Waals surface area contributed by atoms with Gasteiger partial charge in [0.1, 0.15) is 0 Å². The van der Waals surface area contributed by atoms with Crippen LogP contribution in [0, 0.1) is 5.92 Å². The fraction of sp³-hybridized carbons (Fsp3) is 0.538. The molecule has 0 aliphatic carbocycles. The Labute approximate surface area is 120 Å². The topological polar surface area (TPSA) is 21.3 Å². The summed E-state index contributed by atoms with van der Waals surface area (Å²) in [6, 6.07) is 6.65. The summed E-state index contributed by atoms with van der Waals surface area (Å²) < 4.78 is 7.37. The maximum absolute atomic E-state index is 5.15. The zero-order chi connectivity index (χ0) is 12.8. The molecule has 0 aliphatic heterocycles. The second-order valence-corrected chi connectivity index (χ2v) is 5.96. The van der Waals surface area contributed by atoms with Gasteiger partial charge in [-0.3, -0.25) is 0 Å². The SMILES string of the molecule is CNC(c1ccc(Br)cc1Br)C(C)CCOC. The molecule has 1 aromatic carbocycles. The largest absolute Gasteiger partial charge is 0.385 e. The fourth-order valence-electron chi connectivity index (χ4n) is 1.97. The van der Waals surface area contributed by atoms with Gasteiger partial charge >= 0.3 is 0 Å². The molecule has 0 saturated carbocycles. The van der Waals surface area contributed by atoms with E-state index >= 15 is 0 Å². The number of hydrogen-bond acceptors (Lipinski definition) is 2. The van der Waals surface area contributed by atoms with Crippen molar-refractivity contribution in [3.05, 3.63) is 32.7 Å². The minimum absolute atomic E-state index is 0.340. The number of benzene rings is 1. The highest BCUT2D eigenvalue weighted by molar-refractivity contribution is 9.11. The van der Waals surface area contributed by atoms with Gasteiger partial charge < -0.3 is 10.1 Å². The van der Waals surface area contributed by atoms with E-state index in [0.29, 0.717) is 12.0 Å². The molecule has 0 aromatic heterocycles. The van der Waals surface area contributed by atoms with Gasteiger partial charge in [-0.1, -0.05) is 44.8 Å². The summed E-state index contributed by atoms with van der Waals surface area (Å²) >= 11 is 7.10. The third kappa shape index (κ3) is 4.36. The van der Waals surface area contributed by atoms with Crippen LogP contribution >= 0.6 is 31.9 Å². The van der Waals surface area contributed by atoms with Gasteiger partial charge in [0.25, 0.3) is 0 Å². The molecule has 2 atom stereocenters. The van der Waals surface area contributed by atoms with E-state index in [-0.39, 0.29) is 0 Å².